The van der Waals surface area contributed by atoms with Crippen LogP contribution < -0.4 is 10.6 Å². The van der Waals surface area contributed by atoms with Crippen LogP contribution in [0.15, 0.2) is 0 Å². The molecule has 0 fully saturated rings. The Morgan fingerprint density at radius 3 is 1.63 bits per heavy atom. The molecule has 0 rings (SSSR count). The number of unbranched alkanes of at least 4 members (excludes halogenated alkanes) is 2. The van der Waals surface area contributed by atoms with E-state index in [-0.39, 0.29) is 6.54 Å². The average Bonchev–Trinajstić information content (AvgIpc) is 2.66. The van der Waals surface area contributed by atoms with E-state index < -0.39 is 5.97 Å². The van der Waals surface area contributed by atoms with Crippen LogP contribution in [0.5, 0.6) is 0 Å². The van der Waals surface area contributed by atoms with E-state index in [2.05, 4.69) is 38.3 Å². The molecular weight excluding hydrogens is 338 g/mol. The zero-order chi connectivity index (χ0) is 20.3. The van der Waals surface area contributed by atoms with Crippen molar-refractivity contribution in [2.24, 2.45) is 11.8 Å². The van der Waals surface area contributed by atoms with Gasteiger partial charge in [-0.25, -0.2) is 0 Å². The first kappa shape index (κ1) is 26.4. The summed E-state index contributed by atoms with van der Waals surface area (Å²) < 4.78 is 0. The number of carboxylic acid groups (broad SMARTS) is 1. The van der Waals surface area contributed by atoms with Gasteiger partial charge < -0.3 is 15.7 Å². The van der Waals surface area contributed by atoms with E-state index in [4.69, 9.17) is 5.11 Å². The van der Waals surface area contributed by atoms with E-state index >= 15 is 0 Å². The molecule has 3 N–H and O–H groups in total. The minimum atomic E-state index is -0.737. The third kappa shape index (κ3) is 16.0. The maximum Gasteiger partial charge on any atom is 0.317 e. The standard InChI is InChI=1S/C22H47N3O2/c1-5-9-11-20(7-3)17-23-13-15-25(19-22(26)27)16-14-24-18-21(8-4)12-10-6-2/h20-21,23-24H,5-19H2,1-4H3,(H,26,27). The molecule has 0 aliphatic carbocycles. The topological polar surface area (TPSA) is 64.6 Å². The molecule has 5 heteroatoms. The molecule has 0 bridgehead atoms. The van der Waals surface area contributed by atoms with Crippen molar-refractivity contribution in [3.05, 3.63) is 0 Å². The fraction of sp³-hybridized carbons (Fsp3) is 0.955. The molecule has 0 aliphatic heterocycles. The molecule has 0 radical (unpaired) electrons. The van der Waals surface area contributed by atoms with Crippen molar-refractivity contribution in [3.8, 4) is 0 Å². The molecule has 2 atom stereocenters. The second-order valence-corrected chi connectivity index (χ2v) is 7.91. The first-order valence-electron chi connectivity index (χ1n) is 11.4. The molecule has 0 saturated heterocycles. The van der Waals surface area contributed by atoms with E-state index in [0.29, 0.717) is 0 Å². The molecule has 0 aromatic carbocycles. The number of carboxylic acids is 1. The van der Waals surface area contributed by atoms with Gasteiger partial charge in [-0.05, 0) is 37.8 Å². The monoisotopic (exact) mass is 385 g/mol. The van der Waals surface area contributed by atoms with Gasteiger partial charge in [0.15, 0.2) is 0 Å². The molecule has 0 heterocycles. The summed E-state index contributed by atoms with van der Waals surface area (Å²) in [7, 11) is 0. The van der Waals surface area contributed by atoms with Crippen molar-refractivity contribution in [1.29, 1.82) is 0 Å². The summed E-state index contributed by atoms with van der Waals surface area (Å²) in [6, 6.07) is 0. The van der Waals surface area contributed by atoms with Gasteiger partial charge in [-0.15, -0.1) is 0 Å². The molecule has 0 aliphatic rings. The Kier molecular flexibility index (Phi) is 18.3. The Balaban J connectivity index is 4.04. The van der Waals surface area contributed by atoms with E-state index in [1.165, 1.54) is 51.4 Å². The molecule has 2 unspecified atom stereocenters. The highest BCUT2D eigenvalue weighted by Gasteiger charge is 2.11. The van der Waals surface area contributed by atoms with Gasteiger partial charge in [0.2, 0.25) is 0 Å². The van der Waals surface area contributed by atoms with Gasteiger partial charge in [0.1, 0.15) is 0 Å². The molecule has 0 amide bonds. The fourth-order valence-electron chi connectivity index (χ4n) is 3.43. The number of rotatable bonds is 20. The molecule has 0 spiro atoms. The number of nitrogens with one attached hydrogen (secondary N) is 2. The largest absolute Gasteiger partial charge is 0.480 e. The Morgan fingerprint density at radius 2 is 1.30 bits per heavy atom. The predicted octanol–water partition coefficient (Wildman–Crippen LogP) is 3.99. The van der Waals surface area contributed by atoms with E-state index in [0.717, 1.165) is 51.1 Å². The van der Waals surface area contributed by atoms with Crippen LogP contribution in [-0.4, -0.2) is 61.8 Å². The first-order chi connectivity index (χ1) is 13.1. The number of aliphatic carboxylic acids is 1. The lowest BCUT2D eigenvalue weighted by molar-refractivity contribution is -0.138. The Morgan fingerprint density at radius 1 is 0.852 bits per heavy atom. The second-order valence-electron chi connectivity index (χ2n) is 7.91. The van der Waals surface area contributed by atoms with Gasteiger partial charge in [0.25, 0.3) is 0 Å². The minimum absolute atomic E-state index is 0.128. The normalized spacial score (nSPS) is 13.8. The Hall–Kier alpha value is -0.650. The summed E-state index contributed by atoms with van der Waals surface area (Å²) in [6.07, 6.45) is 10.1. The zero-order valence-electron chi connectivity index (χ0n) is 18.6. The Bertz CT molecular complexity index is 316. The summed E-state index contributed by atoms with van der Waals surface area (Å²) in [5.41, 5.74) is 0. The molecule has 5 nitrogen and oxygen atoms in total. The van der Waals surface area contributed by atoms with Gasteiger partial charge in [-0.1, -0.05) is 66.2 Å². The zero-order valence-corrected chi connectivity index (χ0v) is 18.6. The molecule has 0 saturated carbocycles. The summed E-state index contributed by atoms with van der Waals surface area (Å²) in [6.45, 7) is 14.5. The van der Waals surface area contributed by atoms with Gasteiger partial charge in [-0.3, -0.25) is 9.69 Å². The molecule has 0 aromatic heterocycles. The van der Waals surface area contributed by atoms with Crippen LogP contribution in [-0.2, 0) is 4.79 Å². The molecular formula is C22H47N3O2. The van der Waals surface area contributed by atoms with Crippen LogP contribution >= 0.6 is 0 Å². The number of hydrogen-bond donors (Lipinski definition) is 3. The quantitative estimate of drug-likeness (QED) is 0.277. The number of hydrogen-bond acceptors (Lipinski definition) is 4. The maximum atomic E-state index is 11.1. The van der Waals surface area contributed by atoms with Crippen molar-refractivity contribution in [1.82, 2.24) is 15.5 Å². The highest BCUT2D eigenvalue weighted by molar-refractivity contribution is 5.69. The van der Waals surface area contributed by atoms with Gasteiger partial charge in [0.05, 0.1) is 6.54 Å². The SMILES string of the molecule is CCCCC(CC)CNCCN(CCNCC(CC)CCCC)CC(=O)O. The van der Waals surface area contributed by atoms with Crippen LogP contribution in [0.1, 0.15) is 79.1 Å². The smallest absolute Gasteiger partial charge is 0.317 e. The third-order valence-corrected chi connectivity index (χ3v) is 5.52. The van der Waals surface area contributed by atoms with Crippen molar-refractivity contribution in [2.45, 2.75) is 79.1 Å². The third-order valence-electron chi connectivity index (χ3n) is 5.52. The number of nitrogens with zero attached hydrogens (tertiary/aromatic N) is 1. The predicted molar refractivity (Wildman–Crippen MR) is 116 cm³/mol. The number of carbonyl (C=O) groups is 1. The molecule has 27 heavy (non-hydrogen) atoms. The summed E-state index contributed by atoms with van der Waals surface area (Å²) >= 11 is 0. The van der Waals surface area contributed by atoms with E-state index in [9.17, 15) is 4.79 Å². The average molecular weight is 386 g/mol. The van der Waals surface area contributed by atoms with Crippen LogP contribution in [0.4, 0.5) is 0 Å². The lowest BCUT2D eigenvalue weighted by atomic mass is 9.99. The lowest BCUT2D eigenvalue weighted by Crippen LogP contribution is -2.41. The van der Waals surface area contributed by atoms with Crippen molar-refractivity contribution < 1.29 is 9.90 Å². The van der Waals surface area contributed by atoms with Crippen LogP contribution in [0.25, 0.3) is 0 Å². The van der Waals surface area contributed by atoms with Crippen molar-refractivity contribution >= 4 is 5.97 Å². The fourth-order valence-corrected chi connectivity index (χ4v) is 3.43. The van der Waals surface area contributed by atoms with Gasteiger partial charge in [-0.2, -0.15) is 0 Å². The highest BCUT2D eigenvalue weighted by atomic mass is 16.4. The van der Waals surface area contributed by atoms with Crippen molar-refractivity contribution in [2.75, 3.05) is 45.8 Å². The molecule has 0 aromatic rings. The van der Waals surface area contributed by atoms with Crippen LogP contribution in [0.2, 0.25) is 0 Å². The minimum Gasteiger partial charge on any atom is -0.480 e. The van der Waals surface area contributed by atoms with Gasteiger partial charge in [0, 0.05) is 26.2 Å². The van der Waals surface area contributed by atoms with E-state index in [1.54, 1.807) is 0 Å². The lowest BCUT2D eigenvalue weighted by Gasteiger charge is -2.23. The van der Waals surface area contributed by atoms with E-state index in [1.807, 2.05) is 4.90 Å². The van der Waals surface area contributed by atoms with Gasteiger partial charge >= 0.3 is 5.97 Å². The van der Waals surface area contributed by atoms with Crippen molar-refractivity contribution in [3.63, 3.8) is 0 Å². The summed E-state index contributed by atoms with van der Waals surface area (Å²) in [5, 5.41) is 16.2. The Labute approximate surface area is 168 Å². The highest BCUT2D eigenvalue weighted by Crippen LogP contribution is 2.11. The summed E-state index contributed by atoms with van der Waals surface area (Å²) in [4.78, 5) is 13.2. The van der Waals surface area contributed by atoms with Crippen LogP contribution in [0.3, 0.4) is 0 Å². The second kappa shape index (κ2) is 18.7. The van der Waals surface area contributed by atoms with Crippen LogP contribution in [0, 0.1) is 11.8 Å². The molecule has 162 valence electrons. The first-order valence-corrected chi connectivity index (χ1v) is 11.4. The summed E-state index contributed by atoms with van der Waals surface area (Å²) in [5.74, 6) is 0.751. The maximum absolute atomic E-state index is 11.1.